The minimum atomic E-state index is 0. The van der Waals surface area contributed by atoms with E-state index in [9.17, 15) is 0 Å². The normalized spacial score (nSPS) is 24.0. The summed E-state index contributed by atoms with van der Waals surface area (Å²) < 4.78 is 0. The smallest absolute Gasteiger partial charge is 0.0412 e. The lowest BCUT2D eigenvalue weighted by Crippen LogP contribution is -2.14. The first-order valence-corrected chi connectivity index (χ1v) is 6.45. The zero-order valence-electron chi connectivity index (χ0n) is 10.3. The third-order valence-electron chi connectivity index (χ3n) is 4.12. The van der Waals surface area contributed by atoms with Gasteiger partial charge in [0.1, 0.15) is 0 Å². The van der Waals surface area contributed by atoms with Gasteiger partial charge in [0.05, 0.1) is 0 Å². The average Bonchev–Trinajstić information content (AvgIpc) is 2.21. The van der Waals surface area contributed by atoms with Crippen LogP contribution in [0.15, 0.2) is 0 Å². The van der Waals surface area contributed by atoms with Crippen molar-refractivity contribution in [2.75, 3.05) is 0 Å². The van der Waals surface area contributed by atoms with Gasteiger partial charge in [-0.2, -0.15) is 0 Å². The van der Waals surface area contributed by atoms with Gasteiger partial charge in [0.15, 0.2) is 0 Å². The predicted octanol–water partition coefficient (Wildman–Crippen LogP) is 4.86. The molecule has 0 bridgehead atoms. The summed E-state index contributed by atoms with van der Waals surface area (Å²) in [6.07, 6.45) is 16.9. The van der Waals surface area contributed by atoms with Crippen molar-refractivity contribution in [1.29, 1.82) is 0 Å². The van der Waals surface area contributed by atoms with Crippen LogP contribution in [0.5, 0.6) is 0 Å². The Morgan fingerprint density at radius 1 is 0.533 bits per heavy atom. The van der Waals surface area contributed by atoms with E-state index in [1.807, 2.05) is 0 Å². The lowest BCUT2D eigenvalue weighted by molar-refractivity contribution is 0.244. The molecule has 2 saturated carbocycles. The largest absolute Gasteiger partial charge is 0.344 e. The molecule has 0 radical (unpaired) electrons. The molecule has 0 aliphatic heterocycles. The Morgan fingerprint density at radius 2 is 0.867 bits per heavy atom. The maximum atomic E-state index is 1.58. The monoisotopic (exact) mass is 214 g/mol. The van der Waals surface area contributed by atoms with Crippen molar-refractivity contribution in [3.8, 4) is 0 Å². The van der Waals surface area contributed by atoms with E-state index < -0.39 is 0 Å². The van der Waals surface area contributed by atoms with Crippen molar-refractivity contribution in [2.45, 2.75) is 70.6 Å². The molecule has 0 aromatic heterocycles. The van der Waals surface area contributed by atoms with Crippen LogP contribution in [0.3, 0.4) is 0 Å². The number of rotatable bonds is 2. The Hall–Kier alpha value is -0.0800. The molecule has 2 aliphatic carbocycles. The van der Waals surface area contributed by atoms with E-state index in [0.29, 0.717) is 0 Å². The van der Waals surface area contributed by atoms with Crippen LogP contribution in [-0.4, -0.2) is 0 Å². The van der Waals surface area contributed by atoms with Gasteiger partial charge in [0.25, 0.3) is 0 Å². The van der Waals surface area contributed by atoms with Crippen LogP contribution in [0.25, 0.3) is 0 Å². The Bertz CT molecular complexity index is 119. The molecule has 6 N–H and O–H groups in total. The van der Waals surface area contributed by atoms with Crippen molar-refractivity contribution in [3.05, 3.63) is 0 Å². The van der Waals surface area contributed by atoms with Gasteiger partial charge in [-0.1, -0.05) is 64.2 Å². The molecule has 2 rings (SSSR count). The lowest BCUT2D eigenvalue weighted by Gasteiger charge is -2.28. The molecule has 0 atom stereocenters. The van der Waals surface area contributed by atoms with E-state index in [2.05, 4.69) is 0 Å². The van der Waals surface area contributed by atoms with Gasteiger partial charge in [-0.25, -0.2) is 0 Å². The van der Waals surface area contributed by atoms with E-state index >= 15 is 0 Å². The van der Waals surface area contributed by atoms with Crippen molar-refractivity contribution in [3.63, 3.8) is 0 Å². The van der Waals surface area contributed by atoms with Crippen LogP contribution in [0, 0.1) is 11.8 Å². The summed E-state index contributed by atoms with van der Waals surface area (Å²) in [5, 5.41) is 0. The van der Waals surface area contributed by atoms with E-state index in [1.54, 1.807) is 32.1 Å². The van der Waals surface area contributed by atoms with Gasteiger partial charge < -0.3 is 12.3 Å². The van der Waals surface area contributed by atoms with Gasteiger partial charge in [0, 0.05) is 0 Å². The predicted molar refractivity (Wildman–Crippen MR) is 67.8 cm³/mol. The molecule has 0 aromatic rings. The Labute approximate surface area is 95.4 Å². The molecule has 0 saturated heterocycles. The Kier molecular flexibility index (Phi) is 8.07. The molecule has 0 heterocycles. The first-order chi connectivity index (χ1) is 6.45. The Balaban J connectivity index is 0.000000980. The maximum absolute atomic E-state index is 1.58. The van der Waals surface area contributed by atoms with Crippen molar-refractivity contribution in [1.82, 2.24) is 12.3 Å². The van der Waals surface area contributed by atoms with Crippen LogP contribution >= 0.6 is 0 Å². The molecular formula is C13H30N2. The number of hydrogen-bond acceptors (Lipinski definition) is 2. The molecule has 0 spiro atoms. The highest BCUT2D eigenvalue weighted by Gasteiger charge is 2.20. The quantitative estimate of drug-likeness (QED) is 0.689. The minimum Gasteiger partial charge on any atom is -0.344 e. The lowest BCUT2D eigenvalue weighted by atomic mass is 9.78. The molecule has 0 amide bonds. The molecule has 2 aliphatic rings. The number of hydrogen-bond donors (Lipinski definition) is 2. The van der Waals surface area contributed by atoms with Gasteiger partial charge in [0.2, 0.25) is 0 Å². The fourth-order valence-electron chi connectivity index (χ4n) is 3.32. The third-order valence-corrected chi connectivity index (χ3v) is 4.12. The van der Waals surface area contributed by atoms with Crippen LogP contribution < -0.4 is 12.3 Å². The fourth-order valence-corrected chi connectivity index (χ4v) is 3.32. The Morgan fingerprint density at radius 3 is 1.20 bits per heavy atom. The molecular weight excluding hydrogens is 184 g/mol. The second kappa shape index (κ2) is 8.12. The summed E-state index contributed by atoms with van der Waals surface area (Å²) in [6.45, 7) is 0. The van der Waals surface area contributed by atoms with Gasteiger partial charge in [-0.15, -0.1) is 0 Å². The van der Waals surface area contributed by atoms with Gasteiger partial charge in [-0.05, 0) is 18.3 Å². The summed E-state index contributed by atoms with van der Waals surface area (Å²) in [4.78, 5) is 0. The molecule has 92 valence electrons. The van der Waals surface area contributed by atoms with E-state index in [4.69, 9.17) is 0 Å². The molecule has 2 nitrogen and oxygen atoms in total. The summed E-state index contributed by atoms with van der Waals surface area (Å²) in [5.41, 5.74) is 0. The van der Waals surface area contributed by atoms with Crippen molar-refractivity contribution in [2.24, 2.45) is 11.8 Å². The van der Waals surface area contributed by atoms with E-state index in [0.717, 1.165) is 11.8 Å². The average molecular weight is 214 g/mol. The fraction of sp³-hybridized carbons (Fsp3) is 1.00. The van der Waals surface area contributed by atoms with E-state index in [1.165, 1.54) is 38.5 Å². The first kappa shape index (κ1) is 14.9. The van der Waals surface area contributed by atoms with Gasteiger partial charge >= 0.3 is 0 Å². The highest BCUT2D eigenvalue weighted by atomic mass is 14.3. The molecule has 0 aromatic carbocycles. The summed E-state index contributed by atoms with van der Waals surface area (Å²) in [7, 11) is 0. The highest BCUT2D eigenvalue weighted by molar-refractivity contribution is 4.73. The van der Waals surface area contributed by atoms with Crippen LogP contribution in [0.1, 0.15) is 70.6 Å². The van der Waals surface area contributed by atoms with Gasteiger partial charge in [-0.3, -0.25) is 0 Å². The zero-order valence-corrected chi connectivity index (χ0v) is 10.3. The maximum Gasteiger partial charge on any atom is -0.0412 e. The van der Waals surface area contributed by atoms with Crippen LogP contribution in [-0.2, 0) is 0 Å². The summed E-state index contributed by atoms with van der Waals surface area (Å²) >= 11 is 0. The highest BCUT2D eigenvalue weighted by Crippen LogP contribution is 2.34. The molecule has 2 fully saturated rings. The van der Waals surface area contributed by atoms with Crippen LogP contribution in [0.4, 0.5) is 0 Å². The topological polar surface area (TPSA) is 70.0 Å². The van der Waals surface area contributed by atoms with Crippen molar-refractivity contribution >= 4 is 0 Å². The zero-order chi connectivity index (χ0) is 8.93. The molecule has 15 heavy (non-hydrogen) atoms. The standard InChI is InChI=1S/C13H24.2H3N/c1-3-7-12(8-4-1)11-13-9-5-2-6-10-13;;/h12-13H,1-11H2;2*1H3. The SMILES string of the molecule is C1CCC(CC2CCCCC2)CC1.N.N. The van der Waals surface area contributed by atoms with Crippen LogP contribution in [0.2, 0.25) is 0 Å². The second-order valence-electron chi connectivity index (χ2n) is 5.24. The van der Waals surface area contributed by atoms with Crippen molar-refractivity contribution < 1.29 is 0 Å². The third kappa shape index (κ3) is 4.98. The first-order valence-electron chi connectivity index (χ1n) is 6.45. The summed E-state index contributed by atoms with van der Waals surface area (Å²) in [6, 6.07) is 0. The summed E-state index contributed by atoms with van der Waals surface area (Å²) in [5.74, 6) is 2.24. The minimum absolute atomic E-state index is 0. The molecule has 2 heteroatoms. The second-order valence-corrected chi connectivity index (χ2v) is 5.24. The van der Waals surface area contributed by atoms with E-state index in [-0.39, 0.29) is 12.3 Å². The molecule has 0 unspecified atom stereocenters.